The standard InChI is InChI=1S/C47H76O6/c1-4-7-10-13-16-19-22-23-26-28-31-34-37-40-46(49)52-43-44(53-47(50)41-38-35-32-29-25-21-18-15-12-9-6-3)42-51-45(48)39-36-33-30-27-24-20-17-14-11-8-5-2/h8-9,11-12,17-18,20-21,23,26-27,29-30,32,44H,4-7,10,13-16,19,22,24-25,28,31,33-43H2,1-3H3/b11-8-,12-9-,20-17-,21-18-,26-23-,30-27-,32-29-. The Kier molecular flexibility index (Phi) is 38.7. The van der Waals surface area contributed by atoms with E-state index < -0.39 is 6.10 Å². The van der Waals surface area contributed by atoms with Gasteiger partial charge in [0, 0.05) is 19.3 Å². The van der Waals surface area contributed by atoms with E-state index in [4.69, 9.17) is 14.2 Å². The van der Waals surface area contributed by atoms with Crippen LogP contribution in [-0.4, -0.2) is 37.2 Å². The summed E-state index contributed by atoms with van der Waals surface area (Å²) in [6.07, 6.45) is 51.6. The average molecular weight is 737 g/mol. The van der Waals surface area contributed by atoms with Crippen LogP contribution in [0.15, 0.2) is 85.1 Å². The van der Waals surface area contributed by atoms with E-state index in [1.807, 2.05) is 0 Å². The second-order valence-corrected chi connectivity index (χ2v) is 13.5. The lowest BCUT2D eigenvalue weighted by Gasteiger charge is -2.18. The summed E-state index contributed by atoms with van der Waals surface area (Å²) < 4.78 is 16.5. The molecule has 0 bridgehead atoms. The predicted octanol–water partition coefficient (Wildman–Crippen LogP) is 13.3. The molecule has 0 saturated heterocycles. The van der Waals surface area contributed by atoms with Crippen molar-refractivity contribution in [2.24, 2.45) is 0 Å². The van der Waals surface area contributed by atoms with Crippen molar-refractivity contribution in [3.05, 3.63) is 85.1 Å². The van der Waals surface area contributed by atoms with E-state index >= 15 is 0 Å². The highest BCUT2D eigenvalue weighted by molar-refractivity contribution is 5.71. The molecule has 1 atom stereocenters. The molecule has 0 radical (unpaired) electrons. The molecule has 6 nitrogen and oxygen atoms in total. The quantitative estimate of drug-likeness (QED) is 0.0276. The molecule has 1 unspecified atom stereocenters. The molecule has 53 heavy (non-hydrogen) atoms. The Hall–Kier alpha value is -3.41. The zero-order chi connectivity index (χ0) is 38.7. The molecule has 0 rings (SSSR count). The van der Waals surface area contributed by atoms with E-state index in [1.54, 1.807) is 0 Å². The fraction of sp³-hybridized carbons (Fsp3) is 0.638. The Labute approximate surface area is 325 Å². The van der Waals surface area contributed by atoms with Gasteiger partial charge in [0.05, 0.1) is 0 Å². The van der Waals surface area contributed by atoms with Gasteiger partial charge >= 0.3 is 17.9 Å². The lowest BCUT2D eigenvalue weighted by molar-refractivity contribution is -0.167. The van der Waals surface area contributed by atoms with E-state index in [0.29, 0.717) is 19.3 Å². The lowest BCUT2D eigenvalue weighted by Crippen LogP contribution is -2.30. The highest BCUT2D eigenvalue weighted by Gasteiger charge is 2.19. The van der Waals surface area contributed by atoms with Crippen LogP contribution < -0.4 is 0 Å². The van der Waals surface area contributed by atoms with E-state index in [0.717, 1.165) is 83.5 Å². The molecule has 0 saturated carbocycles. The van der Waals surface area contributed by atoms with Crippen molar-refractivity contribution in [2.75, 3.05) is 13.2 Å². The minimum absolute atomic E-state index is 0.122. The van der Waals surface area contributed by atoms with Crippen molar-refractivity contribution in [1.29, 1.82) is 0 Å². The van der Waals surface area contributed by atoms with E-state index in [-0.39, 0.29) is 44.0 Å². The zero-order valence-electron chi connectivity index (χ0n) is 34.0. The molecule has 0 fully saturated rings. The van der Waals surface area contributed by atoms with Crippen LogP contribution in [0.25, 0.3) is 0 Å². The van der Waals surface area contributed by atoms with Crippen LogP contribution in [0, 0.1) is 0 Å². The van der Waals surface area contributed by atoms with Gasteiger partial charge in [-0.15, -0.1) is 0 Å². The lowest BCUT2D eigenvalue weighted by atomic mass is 10.1. The third-order valence-electron chi connectivity index (χ3n) is 8.36. The molecule has 0 aromatic heterocycles. The Balaban J connectivity index is 4.55. The molecule has 0 N–H and O–H groups in total. The number of hydrogen-bond donors (Lipinski definition) is 0. The first-order chi connectivity index (χ1) is 26.0. The summed E-state index contributed by atoms with van der Waals surface area (Å²) in [5.74, 6) is -1.06. The van der Waals surface area contributed by atoms with Gasteiger partial charge < -0.3 is 14.2 Å². The third kappa shape index (κ3) is 39.6. The van der Waals surface area contributed by atoms with Crippen molar-refractivity contribution in [3.8, 4) is 0 Å². The number of carbonyl (C=O) groups excluding carboxylic acids is 3. The largest absolute Gasteiger partial charge is 0.462 e. The fourth-order valence-corrected chi connectivity index (χ4v) is 5.25. The van der Waals surface area contributed by atoms with Crippen molar-refractivity contribution in [2.45, 2.75) is 181 Å². The van der Waals surface area contributed by atoms with Gasteiger partial charge in [0.25, 0.3) is 0 Å². The van der Waals surface area contributed by atoms with E-state index in [2.05, 4.69) is 106 Å². The Bertz CT molecular complexity index is 1080. The Morgan fingerprint density at radius 3 is 1.25 bits per heavy atom. The number of carbonyl (C=O) groups is 3. The molecular formula is C47H76O6. The van der Waals surface area contributed by atoms with Crippen LogP contribution in [0.4, 0.5) is 0 Å². The zero-order valence-corrected chi connectivity index (χ0v) is 34.0. The highest BCUT2D eigenvalue weighted by Crippen LogP contribution is 2.10. The Morgan fingerprint density at radius 2 is 0.755 bits per heavy atom. The minimum Gasteiger partial charge on any atom is -0.462 e. The van der Waals surface area contributed by atoms with Crippen molar-refractivity contribution in [3.63, 3.8) is 0 Å². The monoisotopic (exact) mass is 737 g/mol. The Morgan fingerprint density at radius 1 is 0.396 bits per heavy atom. The summed E-state index contributed by atoms with van der Waals surface area (Å²) in [7, 11) is 0. The van der Waals surface area contributed by atoms with Gasteiger partial charge in [0.1, 0.15) is 13.2 Å². The van der Waals surface area contributed by atoms with Gasteiger partial charge in [-0.1, -0.05) is 144 Å². The van der Waals surface area contributed by atoms with Crippen LogP contribution >= 0.6 is 0 Å². The molecule has 0 spiro atoms. The number of hydrogen-bond acceptors (Lipinski definition) is 6. The first-order valence-electron chi connectivity index (χ1n) is 21.1. The highest BCUT2D eigenvalue weighted by atomic mass is 16.6. The second-order valence-electron chi connectivity index (χ2n) is 13.5. The van der Waals surface area contributed by atoms with Gasteiger partial charge in [-0.2, -0.15) is 0 Å². The fourth-order valence-electron chi connectivity index (χ4n) is 5.25. The molecule has 0 aliphatic rings. The van der Waals surface area contributed by atoms with Gasteiger partial charge in [0.2, 0.25) is 0 Å². The average Bonchev–Trinajstić information content (AvgIpc) is 3.15. The first kappa shape index (κ1) is 49.6. The third-order valence-corrected chi connectivity index (χ3v) is 8.36. The van der Waals surface area contributed by atoms with Crippen LogP contribution in [0.5, 0.6) is 0 Å². The van der Waals surface area contributed by atoms with Crippen LogP contribution in [0.1, 0.15) is 175 Å². The van der Waals surface area contributed by atoms with Crippen molar-refractivity contribution >= 4 is 17.9 Å². The van der Waals surface area contributed by atoms with Gasteiger partial charge in [-0.05, 0) is 96.3 Å². The first-order valence-corrected chi connectivity index (χ1v) is 21.1. The number of rotatable bonds is 36. The summed E-state index contributed by atoms with van der Waals surface area (Å²) in [6.45, 7) is 6.24. The number of unbranched alkanes of at least 4 members (excludes halogenated alkanes) is 11. The summed E-state index contributed by atoms with van der Waals surface area (Å²) in [5, 5.41) is 0. The summed E-state index contributed by atoms with van der Waals surface area (Å²) in [6, 6.07) is 0. The van der Waals surface area contributed by atoms with Crippen molar-refractivity contribution in [1.82, 2.24) is 0 Å². The number of allylic oxidation sites excluding steroid dienone is 14. The van der Waals surface area contributed by atoms with E-state index in [1.165, 1.54) is 38.5 Å². The maximum Gasteiger partial charge on any atom is 0.306 e. The maximum absolute atomic E-state index is 12.6. The van der Waals surface area contributed by atoms with Gasteiger partial charge in [-0.3, -0.25) is 14.4 Å². The molecular weight excluding hydrogens is 661 g/mol. The minimum atomic E-state index is -0.825. The van der Waals surface area contributed by atoms with E-state index in [9.17, 15) is 14.4 Å². The van der Waals surface area contributed by atoms with Crippen LogP contribution in [-0.2, 0) is 28.6 Å². The van der Waals surface area contributed by atoms with Crippen LogP contribution in [0.3, 0.4) is 0 Å². The maximum atomic E-state index is 12.6. The SMILES string of the molecule is CC/C=C\C/C=C\C/C=C\CCCC(=O)OCC(COC(=O)CCCCC/C=C\CCCCCCCC)OC(=O)CCC/C=C\C/C=C\C/C=C\CC. The molecule has 6 heteroatoms. The van der Waals surface area contributed by atoms with Gasteiger partial charge in [0.15, 0.2) is 6.10 Å². The smallest absolute Gasteiger partial charge is 0.306 e. The summed E-state index contributed by atoms with van der Waals surface area (Å²) >= 11 is 0. The molecule has 300 valence electrons. The summed E-state index contributed by atoms with van der Waals surface area (Å²) in [4.78, 5) is 37.5. The normalized spacial score (nSPS) is 12.9. The van der Waals surface area contributed by atoms with Gasteiger partial charge in [-0.25, -0.2) is 0 Å². The molecule has 0 amide bonds. The molecule has 0 aliphatic heterocycles. The molecule has 0 aromatic carbocycles. The molecule has 0 aromatic rings. The molecule has 0 heterocycles. The topological polar surface area (TPSA) is 78.9 Å². The predicted molar refractivity (Wildman–Crippen MR) is 224 cm³/mol. The van der Waals surface area contributed by atoms with Crippen LogP contribution in [0.2, 0.25) is 0 Å². The number of esters is 3. The number of ether oxygens (including phenoxy) is 3. The van der Waals surface area contributed by atoms with Crippen molar-refractivity contribution < 1.29 is 28.6 Å². The second kappa shape index (κ2) is 41.3. The molecule has 0 aliphatic carbocycles. The summed E-state index contributed by atoms with van der Waals surface area (Å²) in [5.41, 5.74) is 0.